The van der Waals surface area contributed by atoms with Crippen molar-refractivity contribution in [3.05, 3.63) is 33.4 Å². The molecule has 102 valence electrons. The highest BCUT2D eigenvalue weighted by atomic mass is 32.2. The number of aromatic carboxylic acids is 1. The van der Waals surface area contributed by atoms with Crippen molar-refractivity contribution in [1.82, 2.24) is 15.0 Å². The summed E-state index contributed by atoms with van der Waals surface area (Å²) >= 11 is 4.55. The first-order chi connectivity index (χ1) is 9.63. The van der Waals surface area contributed by atoms with Crippen molar-refractivity contribution in [2.45, 2.75) is 17.7 Å². The first kappa shape index (κ1) is 13.5. The van der Waals surface area contributed by atoms with Gasteiger partial charge < -0.3 is 5.11 Å². The van der Waals surface area contributed by atoms with Gasteiger partial charge in [0.2, 0.25) is 0 Å². The van der Waals surface area contributed by atoms with E-state index in [2.05, 4.69) is 21.0 Å². The van der Waals surface area contributed by atoms with Gasteiger partial charge in [0.15, 0.2) is 5.69 Å². The van der Waals surface area contributed by atoms with E-state index in [1.165, 1.54) is 16.2 Å². The highest BCUT2D eigenvalue weighted by molar-refractivity contribution is 7.98. The zero-order valence-electron chi connectivity index (χ0n) is 10.4. The van der Waals surface area contributed by atoms with E-state index < -0.39 is 5.97 Å². The van der Waals surface area contributed by atoms with E-state index >= 15 is 0 Å². The van der Waals surface area contributed by atoms with Crippen molar-refractivity contribution in [2.75, 3.05) is 0 Å². The third kappa shape index (κ3) is 2.67. The average Bonchev–Trinajstić information content (AvgIpc) is 3.01. The van der Waals surface area contributed by atoms with Crippen LogP contribution in [-0.2, 0) is 5.75 Å². The molecule has 8 heteroatoms. The van der Waals surface area contributed by atoms with E-state index in [0.29, 0.717) is 5.75 Å². The summed E-state index contributed by atoms with van der Waals surface area (Å²) in [5, 5.41) is 13.1. The van der Waals surface area contributed by atoms with E-state index in [9.17, 15) is 4.79 Å². The molecule has 0 fully saturated rings. The third-order valence-corrected chi connectivity index (χ3v) is 5.53. The van der Waals surface area contributed by atoms with Gasteiger partial charge in [-0.15, -0.1) is 22.7 Å². The van der Waals surface area contributed by atoms with Crippen molar-refractivity contribution in [2.24, 2.45) is 0 Å². The maximum Gasteiger partial charge on any atom is 0.355 e. The zero-order valence-corrected chi connectivity index (χ0v) is 12.8. The van der Waals surface area contributed by atoms with Crippen LogP contribution in [0.15, 0.2) is 22.8 Å². The van der Waals surface area contributed by atoms with E-state index in [1.54, 1.807) is 34.8 Å². The lowest BCUT2D eigenvalue weighted by molar-refractivity contribution is 0.0691. The Morgan fingerprint density at radius 2 is 2.30 bits per heavy atom. The van der Waals surface area contributed by atoms with Gasteiger partial charge in [-0.2, -0.15) is 0 Å². The van der Waals surface area contributed by atoms with Crippen LogP contribution < -0.4 is 0 Å². The smallest absolute Gasteiger partial charge is 0.355 e. The topological polar surface area (TPSA) is 76.0 Å². The molecular formula is C12H9N3O2S3. The van der Waals surface area contributed by atoms with E-state index in [1.807, 2.05) is 6.92 Å². The molecule has 20 heavy (non-hydrogen) atoms. The molecule has 0 saturated heterocycles. The van der Waals surface area contributed by atoms with E-state index in [0.717, 1.165) is 20.3 Å². The molecule has 0 aliphatic carbocycles. The molecular weight excluding hydrogens is 314 g/mol. The number of carboxylic acids is 1. The van der Waals surface area contributed by atoms with E-state index in [-0.39, 0.29) is 5.69 Å². The lowest BCUT2D eigenvalue weighted by atomic mass is 10.4. The van der Waals surface area contributed by atoms with Crippen LogP contribution in [0.5, 0.6) is 0 Å². The summed E-state index contributed by atoms with van der Waals surface area (Å²) < 4.78 is 0. The lowest BCUT2D eigenvalue weighted by Crippen LogP contribution is -1.96. The first-order valence-corrected chi connectivity index (χ1v) is 8.33. The molecule has 0 unspecified atom stereocenters. The van der Waals surface area contributed by atoms with Crippen LogP contribution in [0, 0.1) is 6.92 Å². The van der Waals surface area contributed by atoms with Crippen LogP contribution in [0.3, 0.4) is 0 Å². The van der Waals surface area contributed by atoms with Crippen LogP contribution >= 0.6 is 34.4 Å². The zero-order chi connectivity index (χ0) is 14.1. The lowest BCUT2D eigenvalue weighted by Gasteiger charge is -1.99. The normalized spacial score (nSPS) is 11.1. The van der Waals surface area contributed by atoms with Crippen LogP contribution in [0.2, 0.25) is 0 Å². The van der Waals surface area contributed by atoms with Gasteiger partial charge in [-0.05, 0) is 13.0 Å². The molecule has 3 heterocycles. The minimum atomic E-state index is -0.990. The molecule has 0 spiro atoms. The highest BCUT2D eigenvalue weighted by Crippen LogP contribution is 2.32. The summed E-state index contributed by atoms with van der Waals surface area (Å²) in [7, 11) is 0. The van der Waals surface area contributed by atoms with Gasteiger partial charge in [0.05, 0.1) is 5.75 Å². The molecule has 0 bridgehead atoms. The number of thiazole rings is 1. The number of hydrogen-bond acceptors (Lipinski definition) is 7. The Morgan fingerprint density at radius 3 is 3.05 bits per heavy atom. The molecule has 3 aromatic rings. The maximum absolute atomic E-state index is 10.8. The van der Waals surface area contributed by atoms with Gasteiger partial charge in [-0.3, -0.25) is 0 Å². The SMILES string of the molecule is Cc1cc2c(SCc3nc(C(=O)O)cs3)ncnc2s1. The molecule has 1 N–H and O–H groups in total. The van der Waals surface area contributed by atoms with Gasteiger partial charge in [0.25, 0.3) is 0 Å². The summed E-state index contributed by atoms with van der Waals surface area (Å²) in [5.74, 6) is -0.380. The number of thioether (sulfide) groups is 1. The van der Waals surface area contributed by atoms with Crippen molar-refractivity contribution < 1.29 is 9.90 Å². The fourth-order valence-electron chi connectivity index (χ4n) is 1.67. The Morgan fingerprint density at radius 1 is 1.45 bits per heavy atom. The molecule has 0 aromatic carbocycles. The number of aryl methyl sites for hydroxylation is 1. The minimum absolute atomic E-state index is 0.102. The van der Waals surface area contributed by atoms with Crippen molar-refractivity contribution in [3.8, 4) is 0 Å². The fourth-order valence-corrected chi connectivity index (χ4v) is 4.35. The number of nitrogens with zero attached hydrogens (tertiary/aromatic N) is 3. The number of carbonyl (C=O) groups is 1. The second kappa shape index (κ2) is 5.47. The molecule has 0 atom stereocenters. The standard InChI is InChI=1S/C12H9N3O2S3/c1-6-2-7-10(13-5-14-11(7)20-6)19-4-9-15-8(3-18-9)12(16)17/h2-3,5H,4H2,1H3,(H,16,17). The van der Waals surface area contributed by atoms with Gasteiger partial charge >= 0.3 is 5.97 Å². The quantitative estimate of drug-likeness (QED) is 0.585. The summed E-state index contributed by atoms with van der Waals surface area (Å²) in [6, 6.07) is 2.08. The average molecular weight is 323 g/mol. The number of hydrogen-bond donors (Lipinski definition) is 1. The monoisotopic (exact) mass is 323 g/mol. The summed E-state index contributed by atoms with van der Waals surface area (Å²) in [6.07, 6.45) is 1.56. The number of aromatic nitrogens is 3. The molecule has 5 nitrogen and oxygen atoms in total. The van der Waals surface area contributed by atoms with Gasteiger partial charge in [-0.25, -0.2) is 19.7 Å². The van der Waals surface area contributed by atoms with Crippen LogP contribution in [0.1, 0.15) is 20.4 Å². The molecule has 0 aliphatic heterocycles. The predicted molar refractivity (Wildman–Crippen MR) is 80.8 cm³/mol. The molecule has 0 amide bonds. The number of rotatable bonds is 4. The first-order valence-electron chi connectivity index (χ1n) is 5.65. The fraction of sp³-hybridized carbons (Fsp3) is 0.167. The maximum atomic E-state index is 10.8. The van der Waals surface area contributed by atoms with Crippen molar-refractivity contribution in [3.63, 3.8) is 0 Å². The molecule has 0 radical (unpaired) electrons. The summed E-state index contributed by atoms with van der Waals surface area (Å²) in [6.45, 7) is 2.04. The third-order valence-electron chi connectivity index (χ3n) is 2.52. The Labute approximate surface area is 126 Å². The van der Waals surface area contributed by atoms with Crippen LogP contribution in [-0.4, -0.2) is 26.0 Å². The second-order valence-corrected chi connectivity index (χ2v) is 7.12. The van der Waals surface area contributed by atoms with Gasteiger partial charge in [0.1, 0.15) is 21.2 Å². The predicted octanol–water partition coefficient (Wildman–Crippen LogP) is 3.45. The van der Waals surface area contributed by atoms with Crippen molar-refractivity contribution in [1.29, 1.82) is 0 Å². The summed E-state index contributed by atoms with van der Waals surface area (Å²) in [5.41, 5.74) is 0.102. The number of fused-ring (bicyclic) bond motifs is 1. The van der Waals surface area contributed by atoms with Crippen LogP contribution in [0.4, 0.5) is 0 Å². The number of carboxylic acid groups (broad SMARTS) is 1. The van der Waals surface area contributed by atoms with Gasteiger partial charge in [-0.1, -0.05) is 11.8 Å². The Bertz CT molecular complexity index is 781. The van der Waals surface area contributed by atoms with Crippen molar-refractivity contribution >= 4 is 50.6 Å². The molecule has 3 aromatic heterocycles. The molecule has 0 aliphatic rings. The Kier molecular flexibility index (Phi) is 3.68. The Balaban J connectivity index is 1.81. The van der Waals surface area contributed by atoms with E-state index in [4.69, 9.17) is 5.11 Å². The minimum Gasteiger partial charge on any atom is -0.476 e. The highest BCUT2D eigenvalue weighted by Gasteiger charge is 2.11. The second-order valence-electron chi connectivity index (χ2n) is 3.98. The Hall–Kier alpha value is -1.51. The molecule has 3 rings (SSSR count). The largest absolute Gasteiger partial charge is 0.476 e. The number of thiophene rings is 1. The van der Waals surface area contributed by atoms with Gasteiger partial charge in [0, 0.05) is 15.6 Å². The van der Waals surface area contributed by atoms with Crippen LogP contribution in [0.25, 0.3) is 10.2 Å². The summed E-state index contributed by atoms with van der Waals surface area (Å²) in [4.78, 5) is 25.6. The molecule has 0 saturated carbocycles.